The van der Waals surface area contributed by atoms with Gasteiger partial charge in [0.05, 0.1) is 5.75 Å². The van der Waals surface area contributed by atoms with Gasteiger partial charge in [0.15, 0.2) is 5.16 Å². The quantitative estimate of drug-likeness (QED) is 0.606. The summed E-state index contributed by atoms with van der Waals surface area (Å²) in [7, 11) is 0. The Kier molecular flexibility index (Phi) is 6.49. The second-order valence-electron chi connectivity index (χ2n) is 6.95. The fourth-order valence-electron chi connectivity index (χ4n) is 2.90. The van der Waals surface area contributed by atoms with Gasteiger partial charge >= 0.3 is 0 Å². The first-order valence-electron chi connectivity index (χ1n) is 9.20. The summed E-state index contributed by atoms with van der Waals surface area (Å²) in [6, 6.07) is 10.3. The average molecular weight is 388 g/mol. The molecule has 3 rings (SSSR count). The van der Waals surface area contributed by atoms with Crippen molar-refractivity contribution in [2.24, 2.45) is 5.73 Å². The highest BCUT2D eigenvalue weighted by atomic mass is 32.2. The zero-order chi connectivity index (χ0) is 19.2. The van der Waals surface area contributed by atoms with Crippen molar-refractivity contribution in [3.05, 3.63) is 41.7 Å². The third kappa shape index (κ3) is 5.82. The van der Waals surface area contributed by atoms with E-state index in [0.717, 1.165) is 31.5 Å². The molecule has 7 nitrogen and oxygen atoms in total. The van der Waals surface area contributed by atoms with E-state index in [-0.39, 0.29) is 24.2 Å². The normalized spacial score (nSPS) is 14.7. The lowest BCUT2D eigenvalue weighted by molar-refractivity contribution is -0.119. The Morgan fingerprint density at radius 2 is 2.04 bits per heavy atom. The number of carbonyl (C=O) groups is 2. The van der Waals surface area contributed by atoms with Crippen LogP contribution in [0.2, 0.25) is 0 Å². The van der Waals surface area contributed by atoms with Crippen molar-refractivity contribution in [3.63, 3.8) is 0 Å². The average Bonchev–Trinajstić information content (AvgIpc) is 3.41. The molecule has 0 bridgehead atoms. The smallest absolute Gasteiger partial charge is 0.237 e. The molecule has 1 saturated carbocycles. The molecular weight excluding hydrogens is 362 g/mol. The van der Waals surface area contributed by atoms with Crippen LogP contribution < -0.4 is 11.1 Å². The molecule has 1 aromatic heterocycles. The van der Waals surface area contributed by atoms with Crippen LogP contribution in [0.1, 0.15) is 43.5 Å². The van der Waals surface area contributed by atoms with Crippen LogP contribution in [0.4, 0.5) is 0 Å². The number of aryl methyl sites for hydroxylation is 1. The molecule has 8 heteroatoms. The van der Waals surface area contributed by atoms with E-state index < -0.39 is 5.91 Å². The minimum Gasteiger partial charge on any atom is -0.368 e. The van der Waals surface area contributed by atoms with Crippen LogP contribution in [0.15, 0.2) is 35.5 Å². The van der Waals surface area contributed by atoms with E-state index >= 15 is 0 Å². The number of nitrogens with zero attached hydrogens (tertiary/aromatic N) is 3. The third-order valence-electron chi connectivity index (χ3n) is 4.45. The van der Waals surface area contributed by atoms with E-state index in [1.165, 1.54) is 17.3 Å². The molecule has 0 saturated heterocycles. The Balaban J connectivity index is 1.48. The molecule has 1 heterocycles. The van der Waals surface area contributed by atoms with Gasteiger partial charge < -0.3 is 11.1 Å². The zero-order valence-electron chi connectivity index (χ0n) is 15.4. The van der Waals surface area contributed by atoms with Gasteiger partial charge in [-0.15, -0.1) is 10.2 Å². The number of thioether (sulfide) groups is 1. The summed E-state index contributed by atoms with van der Waals surface area (Å²) in [6.07, 6.45) is 3.92. The monoisotopic (exact) mass is 387 g/mol. The van der Waals surface area contributed by atoms with Gasteiger partial charge in [-0.2, -0.15) is 0 Å². The molecule has 27 heavy (non-hydrogen) atoms. The number of hydrogen-bond acceptors (Lipinski definition) is 5. The minimum absolute atomic E-state index is 0.0518. The molecule has 1 aliphatic rings. The lowest BCUT2D eigenvalue weighted by Gasteiger charge is -2.14. The van der Waals surface area contributed by atoms with Crippen LogP contribution in [0.3, 0.4) is 0 Å². The van der Waals surface area contributed by atoms with E-state index in [2.05, 4.69) is 27.6 Å². The second-order valence-corrected chi connectivity index (χ2v) is 7.89. The van der Waals surface area contributed by atoms with Gasteiger partial charge in [0, 0.05) is 12.0 Å². The van der Waals surface area contributed by atoms with Gasteiger partial charge in [-0.3, -0.25) is 14.2 Å². The van der Waals surface area contributed by atoms with Crippen LogP contribution in [0, 0.1) is 0 Å². The lowest BCUT2D eigenvalue weighted by atomic mass is 10.1. The maximum atomic E-state index is 12.2. The zero-order valence-corrected chi connectivity index (χ0v) is 16.2. The predicted octanol–water partition coefficient (Wildman–Crippen LogP) is 1.87. The summed E-state index contributed by atoms with van der Waals surface area (Å²) in [5.74, 6) is 0.905. The Labute approximate surface area is 163 Å². The highest BCUT2D eigenvalue weighted by Gasteiger charge is 2.31. The molecular formula is C19H25N5O2S. The Morgan fingerprint density at radius 3 is 2.70 bits per heavy atom. The molecule has 1 aliphatic carbocycles. The Hall–Kier alpha value is -2.35. The first-order valence-corrected chi connectivity index (χ1v) is 10.2. The first kappa shape index (κ1) is 19.4. The van der Waals surface area contributed by atoms with Gasteiger partial charge in [0.1, 0.15) is 12.4 Å². The van der Waals surface area contributed by atoms with E-state index in [1.54, 1.807) is 4.57 Å². The maximum Gasteiger partial charge on any atom is 0.237 e. The number of hydrogen-bond donors (Lipinski definition) is 2. The van der Waals surface area contributed by atoms with Crippen LogP contribution in [-0.2, 0) is 22.6 Å². The number of rotatable bonds is 10. The summed E-state index contributed by atoms with van der Waals surface area (Å²) in [5.41, 5.74) is 6.61. The molecule has 1 fully saturated rings. The largest absolute Gasteiger partial charge is 0.368 e. The fourth-order valence-corrected chi connectivity index (χ4v) is 3.66. The predicted molar refractivity (Wildman–Crippen MR) is 104 cm³/mol. The van der Waals surface area contributed by atoms with Crippen molar-refractivity contribution < 1.29 is 9.59 Å². The molecule has 3 N–H and O–H groups in total. The Morgan fingerprint density at radius 1 is 1.30 bits per heavy atom. The molecule has 2 aromatic rings. The van der Waals surface area contributed by atoms with E-state index in [1.807, 2.05) is 25.1 Å². The number of nitrogens with one attached hydrogen (secondary N) is 1. The SMILES string of the molecule is C[C@@H](CCc1ccccc1)NC(=O)CSc1nnc(C2CC2)n1CC(N)=O. The van der Waals surface area contributed by atoms with Gasteiger partial charge in [-0.25, -0.2) is 0 Å². The molecule has 0 unspecified atom stereocenters. The van der Waals surface area contributed by atoms with E-state index in [4.69, 9.17) is 5.73 Å². The minimum atomic E-state index is -0.433. The summed E-state index contributed by atoms with van der Waals surface area (Å²) in [5, 5.41) is 11.9. The van der Waals surface area contributed by atoms with Crippen molar-refractivity contribution in [1.29, 1.82) is 0 Å². The number of amides is 2. The summed E-state index contributed by atoms with van der Waals surface area (Å²) in [4.78, 5) is 23.6. The summed E-state index contributed by atoms with van der Waals surface area (Å²) < 4.78 is 1.75. The van der Waals surface area contributed by atoms with Gasteiger partial charge in [-0.1, -0.05) is 42.1 Å². The van der Waals surface area contributed by atoms with Crippen LogP contribution in [-0.4, -0.2) is 38.4 Å². The molecule has 0 aliphatic heterocycles. The van der Waals surface area contributed by atoms with Gasteiger partial charge in [0.25, 0.3) is 0 Å². The highest BCUT2D eigenvalue weighted by Crippen LogP contribution is 2.39. The standard InChI is InChI=1S/C19H25N5O2S/c1-13(7-8-14-5-3-2-4-6-14)21-17(26)12-27-19-23-22-18(15-9-10-15)24(19)11-16(20)25/h2-6,13,15H,7-12H2,1H3,(H2,20,25)(H,21,26)/t13-/m0/s1. The van der Waals surface area contributed by atoms with Crippen molar-refractivity contribution in [2.45, 2.75) is 56.3 Å². The highest BCUT2D eigenvalue weighted by molar-refractivity contribution is 7.99. The summed E-state index contributed by atoms with van der Waals surface area (Å²) in [6.45, 7) is 2.06. The van der Waals surface area contributed by atoms with Crippen molar-refractivity contribution in [3.8, 4) is 0 Å². The van der Waals surface area contributed by atoms with Crippen LogP contribution in [0.5, 0.6) is 0 Å². The number of nitrogens with two attached hydrogens (primary N) is 1. The lowest BCUT2D eigenvalue weighted by Crippen LogP contribution is -2.34. The number of carbonyl (C=O) groups excluding carboxylic acids is 2. The van der Waals surface area contributed by atoms with Gasteiger partial charge in [0.2, 0.25) is 11.8 Å². The molecule has 2 amide bonds. The van der Waals surface area contributed by atoms with E-state index in [9.17, 15) is 9.59 Å². The number of primary amides is 1. The molecule has 0 radical (unpaired) electrons. The maximum absolute atomic E-state index is 12.2. The number of benzene rings is 1. The van der Waals surface area contributed by atoms with Gasteiger partial charge in [-0.05, 0) is 38.2 Å². The van der Waals surface area contributed by atoms with Crippen LogP contribution in [0.25, 0.3) is 0 Å². The molecule has 1 atom stereocenters. The Bertz CT molecular complexity index is 789. The number of aromatic nitrogens is 3. The third-order valence-corrected chi connectivity index (χ3v) is 5.42. The van der Waals surface area contributed by atoms with Crippen molar-refractivity contribution in [2.75, 3.05) is 5.75 Å². The molecule has 0 spiro atoms. The topological polar surface area (TPSA) is 103 Å². The van der Waals surface area contributed by atoms with Crippen LogP contribution >= 0.6 is 11.8 Å². The first-order chi connectivity index (χ1) is 13.0. The molecule has 144 valence electrons. The fraction of sp³-hybridized carbons (Fsp3) is 0.474. The second kappa shape index (κ2) is 9.03. The molecule has 1 aromatic carbocycles. The summed E-state index contributed by atoms with van der Waals surface area (Å²) >= 11 is 1.29. The van der Waals surface area contributed by atoms with Crippen molar-refractivity contribution in [1.82, 2.24) is 20.1 Å². The van der Waals surface area contributed by atoms with E-state index in [0.29, 0.717) is 11.1 Å². The van der Waals surface area contributed by atoms with Crippen molar-refractivity contribution >= 4 is 23.6 Å².